The molecule has 0 saturated carbocycles. The minimum Gasteiger partial charge on any atom is -0.325 e. The Morgan fingerprint density at radius 3 is 2.68 bits per heavy atom. The number of carbonyl (C=O) groups excluding carboxylic acids is 1. The molecule has 1 aromatic rings. The van der Waals surface area contributed by atoms with Crippen molar-refractivity contribution in [3.8, 4) is 0 Å². The van der Waals surface area contributed by atoms with Crippen LogP contribution in [0.1, 0.15) is 38.2 Å². The molecule has 3 rings (SSSR count). The number of hydrogen-bond acceptors (Lipinski definition) is 3. The lowest BCUT2D eigenvalue weighted by Gasteiger charge is -2.37. The summed E-state index contributed by atoms with van der Waals surface area (Å²) in [6.07, 6.45) is 2.08. The van der Waals surface area contributed by atoms with Crippen LogP contribution in [0.4, 0.5) is 5.69 Å². The molecule has 1 fully saturated rings. The Labute approximate surface area is 137 Å². The summed E-state index contributed by atoms with van der Waals surface area (Å²) in [5, 5.41) is 3.64. The molecule has 2 heterocycles. The lowest BCUT2D eigenvalue weighted by atomic mass is 9.80. The number of carbonyl (C=O) groups is 1. The zero-order valence-electron chi connectivity index (χ0n) is 13.2. The fourth-order valence-corrected chi connectivity index (χ4v) is 3.92. The Balaban J connectivity index is 1.68. The van der Waals surface area contributed by atoms with E-state index in [1.165, 1.54) is 0 Å². The molecule has 0 aliphatic carbocycles. The number of piperidine rings is 1. The van der Waals surface area contributed by atoms with E-state index in [0.29, 0.717) is 10.9 Å². The zero-order valence-corrected chi connectivity index (χ0v) is 14.0. The van der Waals surface area contributed by atoms with Crippen molar-refractivity contribution in [2.45, 2.75) is 38.1 Å². The smallest absolute Gasteiger partial charge is 0.232 e. The van der Waals surface area contributed by atoms with Gasteiger partial charge in [0, 0.05) is 22.8 Å². The molecule has 1 saturated heterocycles. The fraction of sp³-hybridized carbons (Fsp3) is 0.588. The summed E-state index contributed by atoms with van der Waals surface area (Å²) in [5.41, 5.74) is 7.92. The molecule has 0 aromatic heterocycles. The molecular formula is C17H24ClN3O. The first-order valence-corrected chi connectivity index (χ1v) is 8.33. The van der Waals surface area contributed by atoms with Crippen LogP contribution in [0.25, 0.3) is 0 Å². The number of benzene rings is 1. The van der Waals surface area contributed by atoms with Crippen molar-refractivity contribution in [3.05, 3.63) is 28.8 Å². The van der Waals surface area contributed by atoms with Gasteiger partial charge in [-0.1, -0.05) is 17.7 Å². The zero-order chi connectivity index (χ0) is 15.9. The van der Waals surface area contributed by atoms with Crippen LogP contribution < -0.4 is 11.1 Å². The first-order valence-electron chi connectivity index (χ1n) is 7.95. The second kappa shape index (κ2) is 5.84. The lowest BCUT2D eigenvalue weighted by molar-refractivity contribution is -0.118. The molecule has 3 N–H and O–H groups in total. The second-order valence-electron chi connectivity index (χ2n) is 7.30. The SMILES string of the molecule is CC(C)(N)CN1CCC(C2C(=O)Nc3cc(Cl)ccc32)CC1. The van der Waals surface area contributed by atoms with E-state index in [4.69, 9.17) is 17.3 Å². The van der Waals surface area contributed by atoms with Crippen molar-refractivity contribution in [3.63, 3.8) is 0 Å². The topological polar surface area (TPSA) is 58.4 Å². The van der Waals surface area contributed by atoms with E-state index in [-0.39, 0.29) is 17.4 Å². The maximum absolute atomic E-state index is 12.4. The van der Waals surface area contributed by atoms with Crippen molar-refractivity contribution < 1.29 is 4.79 Å². The summed E-state index contributed by atoms with van der Waals surface area (Å²) in [6, 6.07) is 5.72. The van der Waals surface area contributed by atoms with Crippen LogP contribution in [-0.2, 0) is 4.79 Å². The van der Waals surface area contributed by atoms with Crippen LogP contribution in [0, 0.1) is 5.92 Å². The maximum Gasteiger partial charge on any atom is 0.232 e. The number of likely N-dealkylation sites (tertiary alicyclic amines) is 1. The largest absolute Gasteiger partial charge is 0.325 e. The standard InChI is InChI=1S/C17H24ClN3O/c1-17(2,19)10-21-7-5-11(6-8-21)15-13-4-3-12(18)9-14(13)20-16(15)22/h3-4,9,11,15H,5-8,10,19H2,1-2H3,(H,20,22). The number of nitrogens with one attached hydrogen (secondary N) is 1. The predicted octanol–water partition coefficient (Wildman–Crippen LogP) is 2.83. The molecule has 0 radical (unpaired) electrons. The maximum atomic E-state index is 12.4. The van der Waals surface area contributed by atoms with Gasteiger partial charge in [0.25, 0.3) is 0 Å². The molecule has 2 aliphatic heterocycles. The van der Waals surface area contributed by atoms with E-state index < -0.39 is 0 Å². The molecule has 2 aliphatic rings. The number of nitrogens with zero attached hydrogens (tertiary/aromatic N) is 1. The lowest BCUT2D eigenvalue weighted by Crippen LogP contribution is -2.48. The summed E-state index contributed by atoms with van der Waals surface area (Å²) in [6.45, 7) is 7.05. The third-order valence-electron chi connectivity index (χ3n) is 4.63. The first kappa shape index (κ1) is 15.8. The Kier molecular flexibility index (Phi) is 4.19. The van der Waals surface area contributed by atoms with E-state index in [9.17, 15) is 4.79 Å². The van der Waals surface area contributed by atoms with Crippen molar-refractivity contribution in [1.29, 1.82) is 0 Å². The predicted molar refractivity (Wildman–Crippen MR) is 90.3 cm³/mol. The highest BCUT2D eigenvalue weighted by molar-refractivity contribution is 6.31. The van der Waals surface area contributed by atoms with Crippen LogP contribution in [-0.4, -0.2) is 36.0 Å². The quantitative estimate of drug-likeness (QED) is 0.900. The normalized spacial score (nSPS) is 23.5. The molecular weight excluding hydrogens is 298 g/mol. The average molecular weight is 322 g/mol. The Bertz CT molecular complexity index is 574. The number of anilines is 1. The molecule has 1 unspecified atom stereocenters. The number of fused-ring (bicyclic) bond motifs is 1. The molecule has 1 aromatic carbocycles. The number of rotatable bonds is 3. The van der Waals surface area contributed by atoms with Gasteiger partial charge < -0.3 is 16.0 Å². The van der Waals surface area contributed by atoms with Crippen LogP contribution in [0.15, 0.2) is 18.2 Å². The summed E-state index contributed by atoms with van der Waals surface area (Å²) < 4.78 is 0. The van der Waals surface area contributed by atoms with Crippen LogP contribution in [0.2, 0.25) is 5.02 Å². The molecule has 1 atom stereocenters. The molecule has 1 amide bonds. The average Bonchev–Trinajstić information content (AvgIpc) is 2.73. The monoisotopic (exact) mass is 321 g/mol. The highest BCUT2D eigenvalue weighted by atomic mass is 35.5. The minimum atomic E-state index is -0.166. The number of amides is 1. The van der Waals surface area contributed by atoms with Crippen LogP contribution in [0.3, 0.4) is 0 Å². The number of hydrogen-bond donors (Lipinski definition) is 2. The Hall–Kier alpha value is -1.10. The molecule has 120 valence electrons. The van der Waals surface area contributed by atoms with E-state index in [2.05, 4.69) is 24.1 Å². The van der Waals surface area contributed by atoms with Gasteiger partial charge in [0.1, 0.15) is 0 Å². The summed E-state index contributed by atoms with van der Waals surface area (Å²) in [4.78, 5) is 14.8. The van der Waals surface area contributed by atoms with E-state index >= 15 is 0 Å². The Morgan fingerprint density at radius 2 is 2.05 bits per heavy atom. The van der Waals surface area contributed by atoms with Gasteiger partial charge in [0.2, 0.25) is 5.91 Å². The van der Waals surface area contributed by atoms with Gasteiger partial charge in [-0.3, -0.25) is 4.79 Å². The van der Waals surface area contributed by atoms with Gasteiger partial charge >= 0.3 is 0 Å². The molecule has 4 nitrogen and oxygen atoms in total. The van der Waals surface area contributed by atoms with Crippen LogP contribution in [0.5, 0.6) is 0 Å². The highest BCUT2D eigenvalue weighted by Gasteiger charge is 2.38. The summed E-state index contributed by atoms with van der Waals surface area (Å²) >= 11 is 6.02. The van der Waals surface area contributed by atoms with Crippen molar-refractivity contribution in [1.82, 2.24) is 4.90 Å². The van der Waals surface area contributed by atoms with Gasteiger partial charge in [-0.25, -0.2) is 0 Å². The summed E-state index contributed by atoms with van der Waals surface area (Å²) in [5.74, 6) is 0.495. The van der Waals surface area contributed by atoms with Gasteiger partial charge in [-0.05, 0) is 63.4 Å². The van der Waals surface area contributed by atoms with Crippen molar-refractivity contribution in [2.24, 2.45) is 11.7 Å². The van der Waals surface area contributed by atoms with Gasteiger partial charge in [-0.15, -0.1) is 0 Å². The molecule has 0 bridgehead atoms. The first-order chi connectivity index (χ1) is 10.3. The van der Waals surface area contributed by atoms with E-state index in [1.807, 2.05) is 18.2 Å². The van der Waals surface area contributed by atoms with Crippen molar-refractivity contribution in [2.75, 3.05) is 25.0 Å². The summed E-state index contributed by atoms with van der Waals surface area (Å²) in [7, 11) is 0. The fourth-order valence-electron chi connectivity index (χ4n) is 3.75. The van der Waals surface area contributed by atoms with Crippen LogP contribution >= 0.6 is 11.6 Å². The number of halogens is 1. The molecule has 22 heavy (non-hydrogen) atoms. The highest BCUT2D eigenvalue weighted by Crippen LogP contribution is 2.42. The third-order valence-corrected chi connectivity index (χ3v) is 4.86. The number of nitrogens with two attached hydrogens (primary N) is 1. The van der Waals surface area contributed by atoms with E-state index in [0.717, 1.165) is 43.7 Å². The third kappa shape index (κ3) is 3.29. The molecule has 0 spiro atoms. The van der Waals surface area contributed by atoms with Gasteiger partial charge in [-0.2, -0.15) is 0 Å². The second-order valence-corrected chi connectivity index (χ2v) is 7.74. The van der Waals surface area contributed by atoms with Gasteiger partial charge in [0.05, 0.1) is 5.92 Å². The van der Waals surface area contributed by atoms with Crippen molar-refractivity contribution >= 4 is 23.2 Å². The molecule has 5 heteroatoms. The van der Waals surface area contributed by atoms with E-state index in [1.54, 1.807) is 0 Å². The Morgan fingerprint density at radius 1 is 1.36 bits per heavy atom. The van der Waals surface area contributed by atoms with Gasteiger partial charge in [0.15, 0.2) is 0 Å². The minimum absolute atomic E-state index is 0.0275.